The highest BCUT2D eigenvalue weighted by atomic mass is 16.2. The molecule has 0 bridgehead atoms. The minimum absolute atomic E-state index is 0.268. The molecule has 19 heavy (non-hydrogen) atoms. The monoisotopic (exact) mass is 262 g/mol. The van der Waals surface area contributed by atoms with Crippen LogP contribution in [0.1, 0.15) is 31.2 Å². The summed E-state index contributed by atoms with van der Waals surface area (Å²) < 4.78 is 0. The minimum Gasteiger partial charge on any atom is -0.396 e. The lowest BCUT2D eigenvalue weighted by Crippen LogP contribution is -2.40. The molecule has 1 aromatic carbocycles. The molecule has 1 fully saturated rings. The van der Waals surface area contributed by atoms with E-state index in [1.54, 1.807) is 0 Å². The number of aliphatic hydroxyl groups is 1. The summed E-state index contributed by atoms with van der Waals surface area (Å²) in [7, 11) is 2.23. The van der Waals surface area contributed by atoms with Crippen LogP contribution in [0.15, 0.2) is 24.3 Å². The van der Waals surface area contributed by atoms with Crippen molar-refractivity contribution in [3.8, 4) is 0 Å². The molecular weight excluding hydrogens is 236 g/mol. The fraction of sp³-hybridized carbons (Fsp3) is 0.625. The number of aryl methyl sites for hydroxylation is 1. The van der Waals surface area contributed by atoms with Crippen molar-refractivity contribution in [2.75, 3.05) is 32.1 Å². The summed E-state index contributed by atoms with van der Waals surface area (Å²) in [5.74, 6) is 0. The fourth-order valence-corrected chi connectivity index (χ4v) is 2.76. The van der Waals surface area contributed by atoms with Crippen LogP contribution in [0.3, 0.4) is 0 Å². The normalized spacial score (nSPS) is 20.4. The third kappa shape index (κ3) is 4.51. The van der Waals surface area contributed by atoms with Crippen molar-refractivity contribution in [1.82, 2.24) is 4.90 Å². The van der Waals surface area contributed by atoms with E-state index in [1.807, 2.05) is 0 Å². The molecule has 1 aliphatic heterocycles. The zero-order valence-electron chi connectivity index (χ0n) is 11.9. The number of likely N-dealkylation sites (N-methyl/N-ethyl adjacent to an activating group) is 1. The Hall–Kier alpha value is -1.06. The maximum Gasteiger partial charge on any atom is 0.0434 e. The Labute approximate surface area is 116 Å². The SMILES string of the molecule is CN1CCCCC1CNc1cccc(CCCO)c1. The lowest BCUT2D eigenvalue weighted by Gasteiger charge is -2.32. The molecule has 2 rings (SSSR count). The quantitative estimate of drug-likeness (QED) is 0.827. The number of hydrogen-bond donors (Lipinski definition) is 2. The van der Waals surface area contributed by atoms with E-state index in [0.29, 0.717) is 6.04 Å². The number of rotatable bonds is 6. The summed E-state index contributed by atoms with van der Waals surface area (Å²) in [6, 6.07) is 9.23. The predicted molar refractivity (Wildman–Crippen MR) is 80.6 cm³/mol. The highest BCUT2D eigenvalue weighted by Gasteiger charge is 2.18. The van der Waals surface area contributed by atoms with E-state index in [4.69, 9.17) is 5.11 Å². The van der Waals surface area contributed by atoms with Gasteiger partial charge in [0.1, 0.15) is 0 Å². The largest absolute Gasteiger partial charge is 0.396 e. The van der Waals surface area contributed by atoms with Crippen molar-refractivity contribution in [3.63, 3.8) is 0 Å². The number of nitrogens with zero attached hydrogens (tertiary/aromatic N) is 1. The van der Waals surface area contributed by atoms with Gasteiger partial charge in [-0.1, -0.05) is 18.6 Å². The van der Waals surface area contributed by atoms with Gasteiger partial charge in [-0.25, -0.2) is 0 Å². The first kappa shape index (κ1) is 14.4. The van der Waals surface area contributed by atoms with Crippen LogP contribution in [0, 0.1) is 0 Å². The molecule has 0 aromatic heterocycles. The number of aliphatic hydroxyl groups excluding tert-OH is 1. The van der Waals surface area contributed by atoms with Gasteiger partial charge in [-0.3, -0.25) is 0 Å². The predicted octanol–water partition coefficient (Wildman–Crippen LogP) is 2.51. The molecule has 1 unspecified atom stereocenters. The Kier molecular flexibility index (Phi) is 5.67. The van der Waals surface area contributed by atoms with Crippen LogP contribution < -0.4 is 5.32 Å². The Morgan fingerprint density at radius 3 is 3.05 bits per heavy atom. The second-order valence-corrected chi connectivity index (χ2v) is 5.54. The van der Waals surface area contributed by atoms with Gasteiger partial charge in [0.2, 0.25) is 0 Å². The van der Waals surface area contributed by atoms with Gasteiger partial charge in [-0.05, 0) is 57.0 Å². The third-order valence-electron chi connectivity index (χ3n) is 4.01. The molecule has 1 heterocycles. The molecule has 0 spiro atoms. The Morgan fingerprint density at radius 1 is 1.37 bits per heavy atom. The van der Waals surface area contributed by atoms with Crippen molar-refractivity contribution in [2.45, 2.75) is 38.1 Å². The van der Waals surface area contributed by atoms with Gasteiger partial charge in [-0.2, -0.15) is 0 Å². The molecule has 1 atom stereocenters. The summed E-state index contributed by atoms with van der Waals surface area (Å²) >= 11 is 0. The molecule has 0 radical (unpaired) electrons. The first-order chi connectivity index (χ1) is 9.29. The molecular formula is C16H26N2O. The highest BCUT2D eigenvalue weighted by Crippen LogP contribution is 2.17. The minimum atomic E-state index is 0.268. The Morgan fingerprint density at radius 2 is 2.26 bits per heavy atom. The maximum absolute atomic E-state index is 8.88. The van der Waals surface area contributed by atoms with Crippen molar-refractivity contribution in [2.24, 2.45) is 0 Å². The number of nitrogens with one attached hydrogen (secondary N) is 1. The molecule has 1 saturated heterocycles. The molecule has 2 N–H and O–H groups in total. The third-order valence-corrected chi connectivity index (χ3v) is 4.01. The van der Waals surface area contributed by atoms with Crippen molar-refractivity contribution < 1.29 is 5.11 Å². The number of benzene rings is 1. The number of hydrogen-bond acceptors (Lipinski definition) is 3. The van der Waals surface area contributed by atoms with E-state index in [-0.39, 0.29) is 6.61 Å². The van der Waals surface area contributed by atoms with Crippen molar-refractivity contribution in [3.05, 3.63) is 29.8 Å². The molecule has 1 aliphatic rings. The summed E-state index contributed by atoms with van der Waals surface area (Å²) in [5, 5.41) is 12.4. The van der Waals surface area contributed by atoms with Crippen LogP contribution in [-0.4, -0.2) is 42.8 Å². The van der Waals surface area contributed by atoms with Gasteiger partial charge < -0.3 is 15.3 Å². The van der Waals surface area contributed by atoms with E-state index >= 15 is 0 Å². The topological polar surface area (TPSA) is 35.5 Å². The smallest absolute Gasteiger partial charge is 0.0434 e. The van der Waals surface area contributed by atoms with Crippen LogP contribution in [0.2, 0.25) is 0 Å². The van der Waals surface area contributed by atoms with Gasteiger partial charge in [0.05, 0.1) is 0 Å². The lowest BCUT2D eigenvalue weighted by molar-refractivity contribution is 0.194. The van der Waals surface area contributed by atoms with E-state index in [2.05, 4.69) is 41.5 Å². The van der Waals surface area contributed by atoms with E-state index in [9.17, 15) is 0 Å². The number of anilines is 1. The molecule has 1 aromatic rings. The summed E-state index contributed by atoms with van der Waals surface area (Å²) in [6.45, 7) is 2.52. The van der Waals surface area contributed by atoms with Crippen LogP contribution in [-0.2, 0) is 6.42 Å². The summed E-state index contributed by atoms with van der Waals surface area (Å²) in [4.78, 5) is 2.46. The summed E-state index contributed by atoms with van der Waals surface area (Å²) in [5.41, 5.74) is 2.51. The van der Waals surface area contributed by atoms with Crippen LogP contribution in [0.5, 0.6) is 0 Å². The zero-order chi connectivity index (χ0) is 13.5. The zero-order valence-corrected chi connectivity index (χ0v) is 11.9. The number of piperidine rings is 1. The Balaban J connectivity index is 1.84. The molecule has 3 heteroatoms. The molecule has 0 saturated carbocycles. The molecule has 106 valence electrons. The van der Waals surface area contributed by atoms with E-state index in [1.165, 1.54) is 37.1 Å². The molecule has 0 aliphatic carbocycles. The summed E-state index contributed by atoms with van der Waals surface area (Å²) in [6.07, 6.45) is 5.79. The standard InChI is InChI=1S/C16H26N2O/c1-18-10-3-2-9-16(18)13-17-15-8-4-6-14(12-15)7-5-11-19/h4,6,8,12,16-17,19H,2-3,5,7,9-11,13H2,1H3. The van der Waals surface area contributed by atoms with Gasteiger partial charge in [0.15, 0.2) is 0 Å². The average molecular weight is 262 g/mol. The van der Waals surface area contributed by atoms with Crippen molar-refractivity contribution in [1.29, 1.82) is 0 Å². The second kappa shape index (κ2) is 7.51. The van der Waals surface area contributed by atoms with E-state index in [0.717, 1.165) is 19.4 Å². The molecule has 3 nitrogen and oxygen atoms in total. The van der Waals surface area contributed by atoms with Gasteiger partial charge in [-0.15, -0.1) is 0 Å². The fourth-order valence-electron chi connectivity index (χ4n) is 2.76. The van der Waals surface area contributed by atoms with Gasteiger partial charge in [0.25, 0.3) is 0 Å². The molecule has 0 amide bonds. The van der Waals surface area contributed by atoms with Crippen molar-refractivity contribution >= 4 is 5.69 Å². The van der Waals surface area contributed by atoms with Gasteiger partial charge in [0, 0.05) is 24.9 Å². The maximum atomic E-state index is 8.88. The Bertz CT molecular complexity index is 381. The average Bonchev–Trinajstić information content (AvgIpc) is 2.45. The number of likely N-dealkylation sites (tertiary alicyclic amines) is 1. The van der Waals surface area contributed by atoms with Crippen LogP contribution in [0.4, 0.5) is 5.69 Å². The second-order valence-electron chi connectivity index (χ2n) is 5.54. The van der Waals surface area contributed by atoms with E-state index < -0.39 is 0 Å². The van der Waals surface area contributed by atoms with Crippen LogP contribution >= 0.6 is 0 Å². The highest BCUT2D eigenvalue weighted by molar-refractivity contribution is 5.45. The van der Waals surface area contributed by atoms with Gasteiger partial charge >= 0.3 is 0 Å². The lowest BCUT2D eigenvalue weighted by atomic mass is 10.0. The first-order valence-electron chi connectivity index (χ1n) is 7.43. The van der Waals surface area contributed by atoms with Crippen LogP contribution in [0.25, 0.3) is 0 Å². The first-order valence-corrected chi connectivity index (χ1v) is 7.43.